The SMILES string of the molecule is CCOC(=O)Cn1c(=NC(=O)c2ccc(C(F)(F)F)cc2)sc2cc(OC)ccc21. The van der Waals surface area contributed by atoms with E-state index in [0.717, 1.165) is 40.3 Å². The van der Waals surface area contributed by atoms with Gasteiger partial charge in [0.1, 0.15) is 12.3 Å². The van der Waals surface area contributed by atoms with Crippen molar-refractivity contribution in [1.29, 1.82) is 0 Å². The number of benzene rings is 2. The average Bonchev–Trinajstić information content (AvgIpc) is 3.03. The quantitative estimate of drug-likeness (QED) is 0.564. The van der Waals surface area contributed by atoms with Crippen LogP contribution in [0.4, 0.5) is 13.2 Å². The van der Waals surface area contributed by atoms with Crippen molar-refractivity contribution < 1.29 is 32.2 Å². The van der Waals surface area contributed by atoms with Gasteiger partial charge in [-0.1, -0.05) is 11.3 Å². The van der Waals surface area contributed by atoms with E-state index < -0.39 is 23.6 Å². The van der Waals surface area contributed by atoms with E-state index >= 15 is 0 Å². The lowest BCUT2D eigenvalue weighted by Crippen LogP contribution is -2.23. The largest absolute Gasteiger partial charge is 0.497 e. The fraction of sp³-hybridized carbons (Fsp3) is 0.250. The van der Waals surface area contributed by atoms with E-state index in [9.17, 15) is 22.8 Å². The number of nitrogens with zero attached hydrogens (tertiary/aromatic N) is 2. The number of carbonyl (C=O) groups is 2. The van der Waals surface area contributed by atoms with Crippen molar-refractivity contribution in [3.8, 4) is 5.75 Å². The van der Waals surface area contributed by atoms with Crippen LogP contribution in [0.15, 0.2) is 47.5 Å². The molecule has 0 unspecified atom stereocenters. The molecule has 0 bridgehead atoms. The van der Waals surface area contributed by atoms with Gasteiger partial charge < -0.3 is 14.0 Å². The molecule has 3 rings (SSSR count). The molecule has 0 radical (unpaired) electrons. The number of rotatable bonds is 5. The molecule has 1 heterocycles. The van der Waals surface area contributed by atoms with Crippen LogP contribution in [0.5, 0.6) is 5.75 Å². The van der Waals surface area contributed by atoms with Gasteiger partial charge in [-0.15, -0.1) is 0 Å². The maximum Gasteiger partial charge on any atom is 0.416 e. The molecule has 0 N–H and O–H groups in total. The number of aromatic nitrogens is 1. The Morgan fingerprint density at radius 1 is 1.13 bits per heavy atom. The Morgan fingerprint density at radius 3 is 2.43 bits per heavy atom. The fourth-order valence-corrected chi connectivity index (χ4v) is 3.76. The zero-order valence-electron chi connectivity index (χ0n) is 16.0. The Labute approximate surface area is 173 Å². The van der Waals surface area contributed by atoms with Crippen molar-refractivity contribution in [2.75, 3.05) is 13.7 Å². The number of thiazole rings is 1. The maximum atomic E-state index is 12.7. The molecule has 0 saturated carbocycles. The van der Waals surface area contributed by atoms with E-state index in [0.29, 0.717) is 11.3 Å². The van der Waals surface area contributed by atoms with E-state index in [1.54, 1.807) is 25.1 Å². The molecule has 0 atom stereocenters. The summed E-state index contributed by atoms with van der Waals surface area (Å²) in [5.74, 6) is -0.635. The smallest absolute Gasteiger partial charge is 0.416 e. The summed E-state index contributed by atoms with van der Waals surface area (Å²) < 4.78 is 50.6. The zero-order valence-corrected chi connectivity index (χ0v) is 16.8. The molecule has 0 aliphatic heterocycles. The van der Waals surface area contributed by atoms with Crippen molar-refractivity contribution in [1.82, 2.24) is 4.57 Å². The highest BCUT2D eigenvalue weighted by molar-refractivity contribution is 7.16. The number of esters is 1. The predicted octanol–water partition coefficient (Wildman–Crippen LogP) is 4.03. The molecule has 158 valence electrons. The van der Waals surface area contributed by atoms with Gasteiger partial charge in [-0.25, -0.2) is 0 Å². The minimum Gasteiger partial charge on any atom is -0.497 e. The van der Waals surface area contributed by atoms with Crippen molar-refractivity contribution in [3.05, 3.63) is 58.4 Å². The lowest BCUT2D eigenvalue weighted by molar-refractivity contribution is -0.143. The fourth-order valence-electron chi connectivity index (χ4n) is 2.71. The summed E-state index contributed by atoms with van der Waals surface area (Å²) in [5.41, 5.74) is -0.209. The minimum atomic E-state index is -4.49. The molecule has 0 saturated heterocycles. The summed E-state index contributed by atoms with van der Waals surface area (Å²) in [5, 5.41) is 0. The van der Waals surface area contributed by atoms with Crippen molar-refractivity contribution in [3.63, 3.8) is 0 Å². The third kappa shape index (κ3) is 4.70. The molecule has 6 nitrogen and oxygen atoms in total. The number of methoxy groups -OCH3 is 1. The summed E-state index contributed by atoms with van der Waals surface area (Å²) in [7, 11) is 1.51. The van der Waals surface area contributed by atoms with Gasteiger partial charge in [0.05, 0.1) is 29.5 Å². The van der Waals surface area contributed by atoms with Gasteiger partial charge in [0.25, 0.3) is 5.91 Å². The molecule has 1 aromatic heterocycles. The van der Waals surface area contributed by atoms with E-state index in [-0.39, 0.29) is 23.5 Å². The highest BCUT2D eigenvalue weighted by Gasteiger charge is 2.30. The van der Waals surface area contributed by atoms with Crippen molar-refractivity contribution >= 4 is 33.4 Å². The number of alkyl halides is 3. The summed E-state index contributed by atoms with van der Waals surface area (Å²) in [6.07, 6.45) is -4.49. The molecule has 0 spiro atoms. The van der Waals surface area contributed by atoms with Crippen molar-refractivity contribution in [2.24, 2.45) is 4.99 Å². The lowest BCUT2D eigenvalue weighted by atomic mass is 10.1. The number of ether oxygens (including phenoxy) is 2. The third-order valence-electron chi connectivity index (χ3n) is 4.14. The second-order valence-electron chi connectivity index (χ2n) is 6.10. The zero-order chi connectivity index (χ0) is 21.9. The van der Waals surface area contributed by atoms with Crippen LogP contribution in [0.25, 0.3) is 10.2 Å². The number of halogens is 3. The van der Waals surface area contributed by atoms with Gasteiger partial charge in [0.15, 0.2) is 4.80 Å². The van der Waals surface area contributed by atoms with E-state index in [1.165, 1.54) is 11.7 Å². The van der Waals surface area contributed by atoms with Crippen LogP contribution in [0.2, 0.25) is 0 Å². The molecular formula is C20H17F3N2O4S. The van der Waals surface area contributed by atoms with Gasteiger partial charge in [-0.2, -0.15) is 18.2 Å². The Bertz CT molecular complexity index is 1150. The number of amides is 1. The molecule has 0 aliphatic rings. The molecule has 3 aromatic rings. The van der Waals surface area contributed by atoms with E-state index in [4.69, 9.17) is 9.47 Å². The minimum absolute atomic E-state index is 0.000668. The monoisotopic (exact) mass is 438 g/mol. The summed E-state index contributed by atoms with van der Waals surface area (Å²) >= 11 is 1.15. The van der Waals surface area contributed by atoms with Gasteiger partial charge in [-0.3, -0.25) is 9.59 Å². The van der Waals surface area contributed by atoms with Gasteiger partial charge in [0, 0.05) is 5.56 Å². The second kappa shape index (κ2) is 8.70. The Hall–Kier alpha value is -3.14. The number of fused-ring (bicyclic) bond motifs is 1. The predicted molar refractivity (Wildman–Crippen MR) is 104 cm³/mol. The summed E-state index contributed by atoms with van der Waals surface area (Å²) in [6.45, 7) is 1.71. The first-order valence-corrected chi connectivity index (χ1v) is 9.64. The maximum absolute atomic E-state index is 12.7. The molecule has 0 fully saturated rings. The summed E-state index contributed by atoms with van der Waals surface area (Å²) in [4.78, 5) is 28.8. The average molecular weight is 438 g/mol. The first kappa shape index (κ1) is 21.6. The van der Waals surface area contributed by atoms with Crippen LogP contribution in [-0.4, -0.2) is 30.2 Å². The van der Waals surface area contributed by atoms with Crippen LogP contribution in [0.3, 0.4) is 0 Å². The topological polar surface area (TPSA) is 69.9 Å². The summed E-state index contributed by atoms with van der Waals surface area (Å²) in [6, 6.07) is 8.96. The van der Waals surface area contributed by atoms with Crippen LogP contribution >= 0.6 is 11.3 Å². The van der Waals surface area contributed by atoms with Crippen LogP contribution in [-0.2, 0) is 22.3 Å². The molecule has 1 amide bonds. The van der Waals surface area contributed by atoms with E-state index in [1.807, 2.05) is 0 Å². The molecule has 0 aliphatic carbocycles. The Balaban J connectivity index is 2.05. The van der Waals surface area contributed by atoms with Gasteiger partial charge in [-0.05, 0) is 49.4 Å². The Morgan fingerprint density at radius 2 is 1.83 bits per heavy atom. The van der Waals surface area contributed by atoms with Crippen LogP contribution in [0, 0.1) is 0 Å². The number of hydrogen-bond donors (Lipinski definition) is 0. The molecule has 10 heteroatoms. The van der Waals surface area contributed by atoms with Crippen LogP contribution < -0.4 is 9.54 Å². The first-order valence-electron chi connectivity index (χ1n) is 8.82. The number of hydrogen-bond acceptors (Lipinski definition) is 5. The third-order valence-corrected chi connectivity index (χ3v) is 5.18. The lowest BCUT2D eigenvalue weighted by Gasteiger charge is -2.06. The van der Waals surface area contributed by atoms with Gasteiger partial charge >= 0.3 is 12.1 Å². The number of carbonyl (C=O) groups excluding carboxylic acids is 2. The van der Waals surface area contributed by atoms with E-state index in [2.05, 4.69) is 4.99 Å². The van der Waals surface area contributed by atoms with Crippen molar-refractivity contribution in [2.45, 2.75) is 19.6 Å². The molecule has 2 aromatic carbocycles. The molecular weight excluding hydrogens is 421 g/mol. The van der Waals surface area contributed by atoms with Crippen LogP contribution in [0.1, 0.15) is 22.8 Å². The molecule has 30 heavy (non-hydrogen) atoms. The second-order valence-corrected chi connectivity index (χ2v) is 7.11. The Kier molecular flexibility index (Phi) is 6.25. The highest BCUT2D eigenvalue weighted by atomic mass is 32.1. The van der Waals surface area contributed by atoms with Gasteiger partial charge in [0.2, 0.25) is 0 Å². The standard InChI is InChI=1S/C20H17F3N2O4S/c1-3-29-17(26)11-25-15-9-8-14(28-2)10-16(15)30-19(25)24-18(27)12-4-6-13(7-5-12)20(21,22)23/h4-10H,3,11H2,1-2H3. The normalized spacial score (nSPS) is 12.2. The highest BCUT2D eigenvalue weighted by Crippen LogP contribution is 2.29. The first-order chi connectivity index (χ1) is 14.2.